The maximum Gasteiger partial charge on any atom is 0.226 e. The number of aryl methyl sites for hydroxylation is 1. The molecule has 0 saturated carbocycles. The molecule has 1 aromatic rings. The Bertz CT molecular complexity index is 720. The smallest absolute Gasteiger partial charge is 0.226 e. The Kier molecular flexibility index (Phi) is 9.00. The predicted octanol–water partition coefficient (Wildman–Crippen LogP) is 3.97. The molecule has 0 bridgehead atoms. The van der Waals surface area contributed by atoms with Crippen molar-refractivity contribution >= 4 is 17.5 Å². The molecule has 1 unspecified atom stereocenters. The molecule has 1 fully saturated rings. The number of piperidine rings is 1. The number of likely N-dealkylation sites (tertiary alicyclic amines) is 1. The van der Waals surface area contributed by atoms with Gasteiger partial charge < -0.3 is 20.7 Å². The molecule has 6 heteroatoms. The van der Waals surface area contributed by atoms with Crippen molar-refractivity contribution in [3.8, 4) is 5.75 Å². The van der Waals surface area contributed by atoms with Gasteiger partial charge in [-0.3, -0.25) is 9.59 Å². The highest BCUT2D eigenvalue weighted by atomic mass is 16.5. The maximum atomic E-state index is 13.5. The molecule has 2 rings (SSSR count). The zero-order chi connectivity index (χ0) is 22.3. The summed E-state index contributed by atoms with van der Waals surface area (Å²) in [5.41, 5.74) is 7.79. The Labute approximate surface area is 181 Å². The Morgan fingerprint density at radius 1 is 1.30 bits per heavy atom. The number of hydrogen-bond donors (Lipinski definition) is 2. The van der Waals surface area contributed by atoms with Gasteiger partial charge in [0.15, 0.2) is 0 Å². The molecule has 0 aromatic heterocycles. The van der Waals surface area contributed by atoms with Crippen LogP contribution in [-0.2, 0) is 9.59 Å². The molecule has 6 nitrogen and oxygen atoms in total. The van der Waals surface area contributed by atoms with Gasteiger partial charge >= 0.3 is 0 Å². The minimum absolute atomic E-state index is 0.0777. The molecular weight excluding hydrogens is 378 g/mol. The molecule has 2 amide bonds. The summed E-state index contributed by atoms with van der Waals surface area (Å²) in [5.74, 6) is 0.185. The molecule has 0 radical (unpaired) electrons. The lowest BCUT2D eigenvalue weighted by atomic mass is 9.81. The van der Waals surface area contributed by atoms with Crippen LogP contribution in [0.15, 0.2) is 18.2 Å². The van der Waals surface area contributed by atoms with Gasteiger partial charge in [-0.05, 0) is 50.2 Å². The quantitative estimate of drug-likeness (QED) is 0.603. The number of anilines is 1. The molecule has 3 N–H and O–H groups in total. The first-order chi connectivity index (χ1) is 14.3. The lowest BCUT2D eigenvalue weighted by Gasteiger charge is -2.37. The molecule has 1 saturated heterocycles. The van der Waals surface area contributed by atoms with Crippen LogP contribution in [0.3, 0.4) is 0 Å². The first-order valence-electron chi connectivity index (χ1n) is 11.3. The number of ether oxygens (including phenoxy) is 1. The van der Waals surface area contributed by atoms with E-state index in [-0.39, 0.29) is 29.7 Å². The van der Waals surface area contributed by atoms with Crippen molar-refractivity contribution in [3.63, 3.8) is 0 Å². The number of nitrogens with zero attached hydrogens (tertiary/aromatic N) is 1. The summed E-state index contributed by atoms with van der Waals surface area (Å²) in [6.07, 6.45) is 4.14. The van der Waals surface area contributed by atoms with E-state index in [1.54, 1.807) is 7.11 Å². The standard InChI is InChI=1S/C24H39N3O3/c1-6-8-20(23(25)28)21(13-16(2)3)24(29)27-12-7-9-19(15-27)26-18-11-10-17(4)22(14-18)30-5/h10-11,14,16,19-21,26H,6-9,12-13,15H2,1-5H3,(H2,25,28)/t19?,20-,21+/m0/s1. The molecule has 1 aliphatic rings. The number of primary amides is 1. The normalized spacial score (nSPS) is 18.7. The van der Waals surface area contributed by atoms with E-state index in [4.69, 9.17) is 10.5 Å². The van der Waals surface area contributed by atoms with E-state index in [0.29, 0.717) is 25.3 Å². The molecule has 1 aliphatic heterocycles. The van der Waals surface area contributed by atoms with Crippen LogP contribution < -0.4 is 15.8 Å². The van der Waals surface area contributed by atoms with Crippen LogP contribution in [0.1, 0.15) is 58.4 Å². The minimum atomic E-state index is -0.389. The summed E-state index contributed by atoms with van der Waals surface area (Å²) in [7, 11) is 1.67. The van der Waals surface area contributed by atoms with Crippen LogP contribution in [0.25, 0.3) is 0 Å². The van der Waals surface area contributed by atoms with E-state index in [1.165, 1.54) is 0 Å². The molecule has 0 aliphatic carbocycles. The Balaban J connectivity index is 2.12. The highest BCUT2D eigenvalue weighted by Gasteiger charge is 2.36. The average molecular weight is 418 g/mol. The van der Waals surface area contributed by atoms with Crippen molar-refractivity contribution in [2.45, 2.75) is 65.8 Å². The minimum Gasteiger partial charge on any atom is -0.496 e. The van der Waals surface area contributed by atoms with Gasteiger partial charge in [0.25, 0.3) is 0 Å². The van der Waals surface area contributed by atoms with E-state index in [9.17, 15) is 9.59 Å². The molecule has 1 aromatic carbocycles. The van der Waals surface area contributed by atoms with Crippen molar-refractivity contribution in [3.05, 3.63) is 23.8 Å². The number of amides is 2. The Morgan fingerprint density at radius 3 is 2.63 bits per heavy atom. The number of rotatable bonds is 10. The predicted molar refractivity (Wildman–Crippen MR) is 121 cm³/mol. The number of hydrogen-bond acceptors (Lipinski definition) is 4. The van der Waals surface area contributed by atoms with Crippen LogP contribution in [0.4, 0.5) is 5.69 Å². The zero-order valence-corrected chi connectivity index (χ0v) is 19.2. The van der Waals surface area contributed by atoms with Gasteiger partial charge in [0.05, 0.1) is 7.11 Å². The fourth-order valence-electron chi connectivity index (χ4n) is 4.47. The van der Waals surface area contributed by atoms with E-state index in [0.717, 1.165) is 42.8 Å². The third kappa shape index (κ3) is 6.38. The fourth-order valence-corrected chi connectivity index (χ4v) is 4.47. The van der Waals surface area contributed by atoms with Gasteiger partial charge in [0.1, 0.15) is 5.75 Å². The number of nitrogens with two attached hydrogens (primary N) is 1. The van der Waals surface area contributed by atoms with Crippen LogP contribution in [-0.4, -0.2) is 43.0 Å². The third-order valence-corrected chi connectivity index (χ3v) is 6.01. The molecule has 1 heterocycles. The number of methoxy groups -OCH3 is 1. The van der Waals surface area contributed by atoms with Crippen molar-refractivity contribution in [1.29, 1.82) is 0 Å². The van der Waals surface area contributed by atoms with E-state index < -0.39 is 0 Å². The largest absolute Gasteiger partial charge is 0.496 e. The number of nitrogens with one attached hydrogen (secondary N) is 1. The molecular formula is C24H39N3O3. The van der Waals surface area contributed by atoms with Gasteiger partial charge in [-0.15, -0.1) is 0 Å². The van der Waals surface area contributed by atoms with Crippen molar-refractivity contribution in [2.24, 2.45) is 23.5 Å². The summed E-state index contributed by atoms with van der Waals surface area (Å²) in [6.45, 7) is 9.61. The van der Waals surface area contributed by atoms with Gasteiger partial charge in [-0.25, -0.2) is 0 Å². The van der Waals surface area contributed by atoms with Gasteiger partial charge in [-0.1, -0.05) is 33.3 Å². The molecule has 0 spiro atoms. The van der Waals surface area contributed by atoms with E-state index in [1.807, 2.05) is 36.9 Å². The van der Waals surface area contributed by atoms with Gasteiger partial charge in [-0.2, -0.15) is 0 Å². The monoisotopic (exact) mass is 417 g/mol. The summed E-state index contributed by atoms with van der Waals surface area (Å²) >= 11 is 0. The summed E-state index contributed by atoms with van der Waals surface area (Å²) < 4.78 is 5.43. The second-order valence-electron chi connectivity index (χ2n) is 8.99. The number of carbonyl (C=O) groups is 2. The van der Waals surface area contributed by atoms with Crippen molar-refractivity contribution in [1.82, 2.24) is 4.90 Å². The Morgan fingerprint density at radius 2 is 2.03 bits per heavy atom. The van der Waals surface area contributed by atoms with Crippen LogP contribution in [0.5, 0.6) is 5.75 Å². The lowest BCUT2D eigenvalue weighted by Crippen LogP contribution is -2.50. The Hall–Kier alpha value is -2.24. The first-order valence-corrected chi connectivity index (χ1v) is 11.3. The summed E-state index contributed by atoms with van der Waals surface area (Å²) in [6, 6.07) is 6.26. The molecule has 30 heavy (non-hydrogen) atoms. The first kappa shape index (κ1) is 24.0. The molecule has 3 atom stereocenters. The van der Waals surface area contributed by atoms with Gasteiger partial charge in [0.2, 0.25) is 11.8 Å². The molecule has 168 valence electrons. The van der Waals surface area contributed by atoms with E-state index >= 15 is 0 Å². The second kappa shape index (κ2) is 11.2. The van der Waals surface area contributed by atoms with Crippen LogP contribution in [0.2, 0.25) is 0 Å². The summed E-state index contributed by atoms with van der Waals surface area (Å²) in [4.78, 5) is 27.5. The SMILES string of the molecule is CCC[C@H](C(N)=O)[C@@H](CC(C)C)C(=O)N1CCCC(Nc2ccc(C)c(OC)c2)C1. The van der Waals surface area contributed by atoms with Gasteiger partial charge in [0, 0.05) is 42.7 Å². The van der Waals surface area contributed by atoms with E-state index in [2.05, 4.69) is 19.2 Å². The fraction of sp³-hybridized carbons (Fsp3) is 0.667. The number of benzene rings is 1. The highest BCUT2D eigenvalue weighted by Crippen LogP contribution is 2.29. The van der Waals surface area contributed by atoms with Crippen LogP contribution in [0, 0.1) is 24.7 Å². The summed E-state index contributed by atoms with van der Waals surface area (Å²) in [5, 5.41) is 3.56. The van der Waals surface area contributed by atoms with Crippen LogP contribution >= 0.6 is 0 Å². The lowest BCUT2D eigenvalue weighted by molar-refractivity contribution is -0.143. The average Bonchev–Trinajstić information content (AvgIpc) is 2.71. The topological polar surface area (TPSA) is 84.7 Å². The van der Waals surface area contributed by atoms with Crippen molar-refractivity contribution in [2.75, 3.05) is 25.5 Å². The third-order valence-electron chi connectivity index (χ3n) is 6.01. The zero-order valence-electron chi connectivity index (χ0n) is 19.2. The number of carbonyl (C=O) groups excluding carboxylic acids is 2. The second-order valence-corrected chi connectivity index (χ2v) is 8.99. The maximum absolute atomic E-state index is 13.5. The van der Waals surface area contributed by atoms with Crippen molar-refractivity contribution < 1.29 is 14.3 Å². The highest BCUT2D eigenvalue weighted by molar-refractivity contribution is 5.87.